The van der Waals surface area contributed by atoms with Gasteiger partial charge >= 0.3 is 5.63 Å². The van der Waals surface area contributed by atoms with Crippen molar-refractivity contribution >= 4 is 10.9 Å². The van der Waals surface area contributed by atoms with E-state index in [4.69, 9.17) is 23.4 Å². The summed E-state index contributed by atoms with van der Waals surface area (Å²) in [6, 6.07) is 10.3. The van der Waals surface area contributed by atoms with E-state index in [-0.39, 0.29) is 12.5 Å². The van der Waals surface area contributed by atoms with Gasteiger partial charge in [0.1, 0.15) is 0 Å². The van der Waals surface area contributed by atoms with Crippen molar-refractivity contribution in [1.82, 2.24) is 4.98 Å². The molecule has 0 aliphatic heterocycles. The van der Waals surface area contributed by atoms with E-state index in [0.29, 0.717) is 33.9 Å². The van der Waals surface area contributed by atoms with Gasteiger partial charge in [0.2, 0.25) is 5.89 Å². The fraction of sp³-hybridized carbons (Fsp3) is 0.222. The molecular formula is C18H17NO6. The number of hydrogen-bond donors (Lipinski definition) is 0. The van der Waals surface area contributed by atoms with Crippen molar-refractivity contribution in [2.45, 2.75) is 6.61 Å². The van der Waals surface area contributed by atoms with Crippen LogP contribution in [0.4, 0.5) is 0 Å². The highest BCUT2D eigenvalue weighted by molar-refractivity contribution is 5.81. The van der Waals surface area contributed by atoms with Gasteiger partial charge in [-0.15, -0.1) is 0 Å². The van der Waals surface area contributed by atoms with Crippen molar-refractivity contribution in [1.29, 1.82) is 0 Å². The number of benzene rings is 2. The van der Waals surface area contributed by atoms with Gasteiger partial charge in [0.15, 0.2) is 29.6 Å². The van der Waals surface area contributed by atoms with Crippen LogP contribution in [-0.2, 0) is 6.61 Å². The number of para-hydroxylation sites is 2. The van der Waals surface area contributed by atoms with E-state index in [1.165, 1.54) is 20.3 Å². The van der Waals surface area contributed by atoms with Crippen molar-refractivity contribution in [3.05, 3.63) is 52.7 Å². The van der Waals surface area contributed by atoms with Crippen LogP contribution in [-0.4, -0.2) is 26.3 Å². The molecule has 2 aromatic carbocycles. The van der Waals surface area contributed by atoms with Crippen LogP contribution in [0.25, 0.3) is 10.9 Å². The highest BCUT2D eigenvalue weighted by atomic mass is 16.5. The zero-order valence-electron chi connectivity index (χ0n) is 14.1. The minimum atomic E-state index is -0.524. The second-order valence-electron chi connectivity index (χ2n) is 5.06. The minimum absolute atomic E-state index is 0.0140. The molecule has 0 saturated carbocycles. The first kappa shape index (κ1) is 16.6. The van der Waals surface area contributed by atoms with E-state index in [9.17, 15) is 4.79 Å². The lowest BCUT2D eigenvalue weighted by Gasteiger charge is -2.10. The third-order valence-corrected chi connectivity index (χ3v) is 3.60. The molecule has 0 saturated heterocycles. The van der Waals surface area contributed by atoms with E-state index in [1.807, 2.05) is 12.1 Å². The highest BCUT2D eigenvalue weighted by Crippen LogP contribution is 2.30. The molecule has 0 fully saturated rings. The van der Waals surface area contributed by atoms with Gasteiger partial charge in [0.05, 0.1) is 32.2 Å². The molecule has 0 atom stereocenters. The Balaban J connectivity index is 1.93. The van der Waals surface area contributed by atoms with Gasteiger partial charge in [-0.1, -0.05) is 12.1 Å². The van der Waals surface area contributed by atoms with Crippen LogP contribution < -0.4 is 24.6 Å². The van der Waals surface area contributed by atoms with Gasteiger partial charge in [-0.25, -0.2) is 9.78 Å². The summed E-state index contributed by atoms with van der Waals surface area (Å²) in [5.74, 6) is 2.17. The van der Waals surface area contributed by atoms with Crippen molar-refractivity contribution in [2.75, 3.05) is 21.3 Å². The van der Waals surface area contributed by atoms with E-state index in [1.54, 1.807) is 25.3 Å². The molecule has 7 heteroatoms. The topological polar surface area (TPSA) is 80.0 Å². The van der Waals surface area contributed by atoms with E-state index in [0.717, 1.165) is 0 Å². The monoisotopic (exact) mass is 343 g/mol. The summed E-state index contributed by atoms with van der Waals surface area (Å²) in [5, 5.41) is 0.304. The summed E-state index contributed by atoms with van der Waals surface area (Å²) >= 11 is 0. The first-order valence-electron chi connectivity index (χ1n) is 7.48. The van der Waals surface area contributed by atoms with Crippen LogP contribution in [0.2, 0.25) is 0 Å². The lowest BCUT2D eigenvalue weighted by atomic mass is 10.2. The lowest BCUT2D eigenvalue weighted by Crippen LogP contribution is -2.08. The third-order valence-electron chi connectivity index (χ3n) is 3.60. The summed E-state index contributed by atoms with van der Waals surface area (Å²) in [5.41, 5.74) is -0.0860. The van der Waals surface area contributed by atoms with Crippen LogP contribution in [0, 0.1) is 0 Å². The average molecular weight is 343 g/mol. The van der Waals surface area contributed by atoms with Crippen LogP contribution >= 0.6 is 0 Å². The molecule has 0 aliphatic rings. The number of nitrogens with zero attached hydrogens (tertiary/aromatic N) is 1. The average Bonchev–Trinajstić information content (AvgIpc) is 2.65. The van der Waals surface area contributed by atoms with Crippen LogP contribution in [0.1, 0.15) is 5.89 Å². The fourth-order valence-corrected chi connectivity index (χ4v) is 2.38. The number of rotatable bonds is 6. The Kier molecular flexibility index (Phi) is 4.74. The van der Waals surface area contributed by atoms with E-state index >= 15 is 0 Å². The second kappa shape index (κ2) is 7.12. The van der Waals surface area contributed by atoms with E-state index in [2.05, 4.69) is 4.98 Å². The Morgan fingerprint density at radius 2 is 1.56 bits per heavy atom. The molecule has 0 bridgehead atoms. The molecule has 1 aromatic heterocycles. The minimum Gasteiger partial charge on any atom is -0.493 e. The molecule has 0 spiro atoms. The lowest BCUT2D eigenvalue weighted by molar-refractivity contribution is 0.242. The SMILES string of the molecule is COc1cc2nc(COc3ccccc3OC)oc(=O)c2cc1OC. The van der Waals surface area contributed by atoms with Crippen LogP contribution in [0.5, 0.6) is 23.0 Å². The number of methoxy groups -OCH3 is 3. The van der Waals surface area contributed by atoms with Crippen molar-refractivity contribution in [2.24, 2.45) is 0 Å². The van der Waals surface area contributed by atoms with Crippen LogP contribution in [0.15, 0.2) is 45.6 Å². The first-order valence-corrected chi connectivity index (χ1v) is 7.48. The smallest absolute Gasteiger partial charge is 0.347 e. The molecule has 0 radical (unpaired) electrons. The van der Waals surface area contributed by atoms with Gasteiger partial charge in [-0.2, -0.15) is 0 Å². The summed E-state index contributed by atoms with van der Waals surface area (Å²) in [4.78, 5) is 16.5. The van der Waals surface area contributed by atoms with Gasteiger partial charge in [0, 0.05) is 12.1 Å². The zero-order valence-corrected chi connectivity index (χ0v) is 14.1. The number of ether oxygens (including phenoxy) is 4. The third kappa shape index (κ3) is 3.35. The van der Waals surface area contributed by atoms with Gasteiger partial charge < -0.3 is 23.4 Å². The maximum atomic E-state index is 12.2. The quantitative estimate of drug-likeness (QED) is 0.681. The normalized spacial score (nSPS) is 10.5. The molecule has 0 N–H and O–H groups in total. The van der Waals surface area contributed by atoms with Crippen molar-refractivity contribution in [3.63, 3.8) is 0 Å². The summed E-state index contributed by atoms with van der Waals surface area (Å²) in [6.07, 6.45) is 0. The first-order chi connectivity index (χ1) is 12.2. The second-order valence-corrected chi connectivity index (χ2v) is 5.06. The summed E-state index contributed by atoms with van der Waals surface area (Å²) in [6.45, 7) is -0.0140. The maximum Gasteiger partial charge on any atom is 0.347 e. The standard InChI is InChI=1S/C18H17NO6/c1-21-13-6-4-5-7-14(13)24-10-17-19-12-9-16(23-3)15(22-2)8-11(12)18(20)25-17/h4-9H,10H2,1-3H3. The molecular weight excluding hydrogens is 326 g/mol. The van der Waals surface area contributed by atoms with Crippen LogP contribution in [0.3, 0.4) is 0 Å². The molecule has 0 aliphatic carbocycles. The predicted octanol–water partition coefficient (Wildman–Crippen LogP) is 2.79. The molecule has 0 amide bonds. The van der Waals surface area contributed by atoms with Crippen molar-refractivity contribution in [3.8, 4) is 23.0 Å². The molecule has 25 heavy (non-hydrogen) atoms. The number of fused-ring (bicyclic) bond motifs is 1. The molecule has 3 rings (SSSR count). The summed E-state index contributed by atoms with van der Waals surface area (Å²) < 4.78 is 26.5. The molecule has 1 heterocycles. The highest BCUT2D eigenvalue weighted by Gasteiger charge is 2.13. The molecule has 130 valence electrons. The van der Waals surface area contributed by atoms with Gasteiger partial charge in [0.25, 0.3) is 0 Å². The van der Waals surface area contributed by atoms with Gasteiger partial charge in [-0.05, 0) is 12.1 Å². The van der Waals surface area contributed by atoms with Gasteiger partial charge in [-0.3, -0.25) is 0 Å². The Hall–Kier alpha value is -3.22. The Labute approximate surface area is 143 Å². The Morgan fingerprint density at radius 1 is 0.920 bits per heavy atom. The summed E-state index contributed by atoms with van der Waals surface area (Å²) in [7, 11) is 4.56. The zero-order chi connectivity index (χ0) is 17.8. The Morgan fingerprint density at radius 3 is 2.24 bits per heavy atom. The maximum absolute atomic E-state index is 12.2. The predicted molar refractivity (Wildman–Crippen MR) is 90.7 cm³/mol. The number of hydrogen-bond acceptors (Lipinski definition) is 7. The Bertz CT molecular complexity index is 950. The molecule has 3 aromatic rings. The molecule has 7 nitrogen and oxygen atoms in total. The molecule has 0 unspecified atom stereocenters. The fourth-order valence-electron chi connectivity index (χ4n) is 2.38. The van der Waals surface area contributed by atoms with Crippen molar-refractivity contribution < 1.29 is 23.4 Å². The largest absolute Gasteiger partial charge is 0.493 e. The number of aromatic nitrogens is 1. The van der Waals surface area contributed by atoms with E-state index < -0.39 is 5.63 Å².